The van der Waals surface area contributed by atoms with Crippen LogP contribution in [-0.4, -0.2) is 29.8 Å². The van der Waals surface area contributed by atoms with Gasteiger partial charge in [0, 0.05) is 6.42 Å². The monoisotopic (exact) mass is 487 g/mol. The number of allylic oxidation sites excluding steroid dienone is 1. The van der Waals surface area contributed by atoms with E-state index in [1.807, 2.05) is 0 Å². The van der Waals surface area contributed by atoms with E-state index in [4.69, 9.17) is 9.84 Å². The summed E-state index contributed by atoms with van der Waals surface area (Å²) in [6.45, 7) is 12.0. The molecule has 0 radical (unpaired) electrons. The molecule has 8 atom stereocenters. The van der Waals surface area contributed by atoms with Gasteiger partial charge in [-0.2, -0.15) is 0 Å². The van der Waals surface area contributed by atoms with Crippen molar-refractivity contribution in [3.8, 4) is 0 Å². The van der Waals surface area contributed by atoms with Crippen molar-refractivity contribution in [3.05, 3.63) is 11.6 Å². The molecular formula is C30H49NO4. The molecule has 4 rings (SSSR count). The van der Waals surface area contributed by atoms with Crippen molar-refractivity contribution < 1.29 is 19.4 Å². The van der Waals surface area contributed by atoms with Crippen molar-refractivity contribution >= 4 is 12.1 Å². The highest BCUT2D eigenvalue weighted by Gasteiger charge is 2.59. The Bertz CT molecular complexity index is 821. The van der Waals surface area contributed by atoms with E-state index in [0.717, 1.165) is 54.8 Å². The van der Waals surface area contributed by atoms with Crippen LogP contribution in [0, 0.1) is 46.3 Å². The van der Waals surface area contributed by atoms with Crippen molar-refractivity contribution in [2.75, 3.05) is 6.54 Å². The molecule has 0 aliphatic heterocycles. The molecule has 4 aliphatic rings. The van der Waals surface area contributed by atoms with Gasteiger partial charge < -0.3 is 15.2 Å². The first-order valence-electron chi connectivity index (χ1n) is 14.4. The summed E-state index contributed by atoms with van der Waals surface area (Å²) in [5, 5.41) is 11.1. The number of carboxylic acids is 1. The number of fused-ring (bicyclic) bond motifs is 5. The van der Waals surface area contributed by atoms with Gasteiger partial charge in [-0.05, 0) is 91.3 Å². The van der Waals surface area contributed by atoms with Crippen LogP contribution in [0.15, 0.2) is 11.6 Å². The lowest BCUT2D eigenvalue weighted by Crippen LogP contribution is -2.51. The van der Waals surface area contributed by atoms with Crippen molar-refractivity contribution in [1.29, 1.82) is 0 Å². The van der Waals surface area contributed by atoms with Crippen molar-refractivity contribution in [2.45, 2.75) is 111 Å². The largest absolute Gasteiger partial charge is 0.480 e. The summed E-state index contributed by atoms with van der Waals surface area (Å²) in [5.41, 5.74) is 2.21. The summed E-state index contributed by atoms with van der Waals surface area (Å²) in [5.74, 6) is 3.88. The summed E-state index contributed by atoms with van der Waals surface area (Å²) in [6, 6.07) is 0. The Hall–Kier alpha value is -1.52. The second kappa shape index (κ2) is 10.5. The highest BCUT2D eigenvalue weighted by atomic mass is 16.6. The molecule has 5 heteroatoms. The minimum Gasteiger partial charge on any atom is -0.480 e. The van der Waals surface area contributed by atoms with Gasteiger partial charge in [-0.15, -0.1) is 0 Å². The van der Waals surface area contributed by atoms with Crippen molar-refractivity contribution in [3.63, 3.8) is 0 Å². The molecule has 0 aromatic rings. The quantitative estimate of drug-likeness (QED) is 0.355. The summed E-state index contributed by atoms with van der Waals surface area (Å²) in [7, 11) is 0. The number of nitrogens with one attached hydrogen (secondary N) is 1. The van der Waals surface area contributed by atoms with E-state index in [2.05, 4.69) is 46.0 Å². The van der Waals surface area contributed by atoms with E-state index in [-0.39, 0.29) is 11.5 Å². The highest BCUT2D eigenvalue weighted by molar-refractivity contribution is 5.76. The van der Waals surface area contributed by atoms with Crippen LogP contribution in [0.3, 0.4) is 0 Å². The average Bonchev–Trinajstić information content (AvgIpc) is 3.15. The highest BCUT2D eigenvalue weighted by Crippen LogP contribution is 2.67. The molecule has 3 fully saturated rings. The van der Waals surface area contributed by atoms with Crippen molar-refractivity contribution in [1.82, 2.24) is 5.32 Å². The maximum atomic E-state index is 12.0. The number of alkyl carbamates (subject to hydrolysis) is 1. The fraction of sp³-hybridized carbons (Fsp3) is 0.867. The average molecular weight is 488 g/mol. The van der Waals surface area contributed by atoms with Crippen LogP contribution in [0.1, 0.15) is 105 Å². The molecule has 3 saturated carbocycles. The molecule has 198 valence electrons. The number of aliphatic carboxylic acids is 1. The smallest absolute Gasteiger partial charge is 0.407 e. The molecule has 35 heavy (non-hydrogen) atoms. The molecule has 0 spiro atoms. The maximum Gasteiger partial charge on any atom is 0.407 e. The second-order valence-electron chi connectivity index (χ2n) is 13.3. The summed E-state index contributed by atoms with van der Waals surface area (Å²) >= 11 is 0. The summed E-state index contributed by atoms with van der Waals surface area (Å²) in [6.07, 6.45) is 15.4. The molecule has 0 heterocycles. The predicted molar refractivity (Wildman–Crippen MR) is 139 cm³/mol. The first kappa shape index (κ1) is 26.5. The van der Waals surface area contributed by atoms with Crippen LogP contribution in [0.2, 0.25) is 0 Å². The fourth-order valence-electron chi connectivity index (χ4n) is 9.09. The van der Waals surface area contributed by atoms with Crippen LogP contribution in [-0.2, 0) is 9.53 Å². The number of rotatable bonds is 8. The number of carbonyl (C=O) groups excluding carboxylic acids is 1. The van der Waals surface area contributed by atoms with E-state index in [1.165, 1.54) is 56.9 Å². The molecule has 1 amide bonds. The van der Waals surface area contributed by atoms with E-state index < -0.39 is 18.6 Å². The lowest BCUT2D eigenvalue weighted by atomic mass is 9.47. The SMILES string of the molecule is CC(C)CCC[C@@H](C)[C@H]1CC[C@H]2[C@@H]3CC=C4CC(OC(=O)NCC(=O)O)CC[C@]4(C)[C@H]3CC[C@]12C. The molecule has 2 N–H and O–H groups in total. The Kier molecular flexibility index (Phi) is 7.93. The Balaban J connectivity index is 1.40. The van der Waals surface area contributed by atoms with Gasteiger partial charge in [-0.3, -0.25) is 4.79 Å². The first-order valence-corrected chi connectivity index (χ1v) is 14.4. The molecule has 0 aromatic heterocycles. The molecular weight excluding hydrogens is 438 g/mol. The van der Waals surface area contributed by atoms with Gasteiger partial charge in [0.2, 0.25) is 0 Å². The van der Waals surface area contributed by atoms with E-state index in [0.29, 0.717) is 5.41 Å². The zero-order valence-electron chi connectivity index (χ0n) is 22.8. The van der Waals surface area contributed by atoms with Crippen molar-refractivity contribution in [2.24, 2.45) is 46.3 Å². The molecule has 0 bridgehead atoms. The lowest BCUT2D eigenvalue weighted by Gasteiger charge is -2.58. The van der Waals surface area contributed by atoms with E-state index in [9.17, 15) is 9.59 Å². The zero-order chi connectivity index (χ0) is 25.4. The minimum absolute atomic E-state index is 0.143. The van der Waals surface area contributed by atoms with Gasteiger partial charge in [-0.25, -0.2) is 4.79 Å². The van der Waals surface area contributed by atoms with Gasteiger partial charge in [0.05, 0.1) is 0 Å². The van der Waals surface area contributed by atoms with Gasteiger partial charge in [0.25, 0.3) is 0 Å². The number of hydrogen-bond donors (Lipinski definition) is 2. The van der Waals surface area contributed by atoms with E-state index in [1.54, 1.807) is 0 Å². The Morgan fingerprint density at radius 3 is 2.57 bits per heavy atom. The third kappa shape index (κ3) is 5.30. The molecule has 5 nitrogen and oxygen atoms in total. The number of ether oxygens (including phenoxy) is 1. The third-order valence-corrected chi connectivity index (χ3v) is 10.9. The van der Waals surface area contributed by atoms with Crippen LogP contribution in [0.25, 0.3) is 0 Å². The number of hydrogen-bond acceptors (Lipinski definition) is 3. The second-order valence-corrected chi connectivity index (χ2v) is 13.3. The molecule has 4 aliphatic carbocycles. The number of carbonyl (C=O) groups is 2. The molecule has 1 unspecified atom stereocenters. The predicted octanol–water partition coefficient (Wildman–Crippen LogP) is 7.21. The first-order chi connectivity index (χ1) is 16.5. The minimum atomic E-state index is -1.05. The number of amides is 1. The van der Waals surface area contributed by atoms with Gasteiger partial charge in [-0.1, -0.05) is 65.5 Å². The molecule has 0 aromatic carbocycles. The number of carboxylic acid groups (broad SMARTS) is 1. The maximum absolute atomic E-state index is 12.0. The lowest BCUT2D eigenvalue weighted by molar-refractivity contribution is -0.135. The standard InChI is InChI=1S/C30H49NO4/c1-19(2)7-6-8-20(3)24-11-12-25-23-10-9-21-17-22(35-28(34)31-18-27(32)33)13-15-29(21,4)26(23)14-16-30(24,25)5/h9,19-20,22-26H,6-8,10-18H2,1-5H3,(H,31,34)(H,32,33)/t20-,22?,23+,24-,25+,26+,29+,30-/m1/s1. The third-order valence-electron chi connectivity index (χ3n) is 10.9. The van der Waals surface area contributed by atoms with Gasteiger partial charge in [0.15, 0.2) is 0 Å². The fourth-order valence-corrected chi connectivity index (χ4v) is 9.09. The van der Waals surface area contributed by atoms with Gasteiger partial charge in [0.1, 0.15) is 12.6 Å². The van der Waals surface area contributed by atoms with Gasteiger partial charge >= 0.3 is 12.1 Å². The summed E-state index contributed by atoms with van der Waals surface area (Å²) < 4.78 is 5.59. The van der Waals surface area contributed by atoms with Crippen LogP contribution < -0.4 is 5.32 Å². The van der Waals surface area contributed by atoms with Crippen LogP contribution >= 0.6 is 0 Å². The Morgan fingerprint density at radius 1 is 1.09 bits per heavy atom. The van der Waals surface area contributed by atoms with Crippen LogP contribution in [0.5, 0.6) is 0 Å². The zero-order valence-corrected chi connectivity index (χ0v) is 22.8. The van der Waals surface area contributed by atoms with E-state index >= 15 is 0 Å². The Morgan fingerprint density at radius 2 is 1.86 bits per heavy atom. The molecule has 0 saturated heterocycles. The normalized spacial score (nSPS) is 39.1. The van der Waals surface area contributed by atoms with Crippen LogP contribution in [0.4, 0.5) is 4.79 Å². The Labute approximate surface area is 212 Å². The summed E-state index contributed by atoms with van der Waals surface area (Å²) in [4.78, 5) is 22.7. The topological polar surface area (TPSA) is 75.6 Å².